The minimum atomic E-state index is -0.781. The number of aryl methyl sites for hydroxylation is 1. The first-order valence-corrected chi connectivity index (χ1v) is 6.72. The third kappa shape index (κ3) is 5.34. The molecule has 20 heavy (non-hydrogen) atoms. The summed E-state index contributed by atoms with van der Waals surface area (Å²) in [7, 11) is 0. The van der Waals surface area contributed by atoms with Crippen molar-refractivity contribution in [3.8, 4) is 0 Å². The molecule has 0 radical (unpaired) electrons. The third-order valence-electron chi connectivity index (χ3n) is 3.09. The first kappa shape index (κ1) is 16.1. The molecule has 1 aromatic rings. The van der Waals surface area contributed by atoms with Crippen LogP contribution in [0, 0.1) is 12.8 Å². The second-order valence-electron chi connectivity index (χ2n) is 5.09. The van der Waals surface area contributed by atoms with Gasteiger partial charge in [-0.25, -0.2) is 4.98 Å². The van der Waals surface area contributed by atoms with Gasteiger partial charge in [-0.05, 0) is 26.7 Å². The standard InChI is InChI=1S/C14H21N3O3/c1-9(14(19)20)5-4-6-10(2)17-13(18)12-8-15-11(3)7-16-12/h7-10H,4-6H2,1-3H3,(H,17,18)(H,19,20). The Bertz CT molecular complexity index is 459. The first-order chi connectivity index (χ1) is 9.40. The van der Waals surface area contributed by atoms with Gasteiger partial charge >= 0.3 is 5.97 Å². The maximum absolute atomic E-state index is 11.9. The number of hydrogen-bond donors (Lipinski definition) is 2. The van der Waals surface area contributed by atoms with Gasteiger partial charge in [0.2, 0.25) is 0 Å². The van der Waals surface area contributed by atoms with E-state index in [0.29, 0.717) is 12.1 Å². The minimum absolute atomic E-state index is 0.0217. The molecule has 1 amide bonds. The van der Waals surface area contributed by atoms with E-state index in [4.69, 9.17) is 5.11 Å². The lowest BCUT2D eigenvalue weighted by Gasteiger charge is -2.14. The van der Waals surface area contributed by atoms with Crippen molar-refractivity contribution in [2.45, 2.75) is 46.1 Å². The van der Waals surface area contributed by atoms with Crippen LogP contribution >= 0.6 is 0 Å². The summed E-state index contributed by atoms with van der Waals surface area (Å²) >= 11 is 0. The molecule has 0 aliphatic rings. The molecule has 0 fully saturated rings. The molecule has 6 heteroatoms. The number of aromatic nitrogens is 2. The van der Waals surface area contributed by atoms with Crippen molar-refractivity contribution in [2.75, 3.05) is 0 Å². The maximum Gasteiger partial charge on any atom is 0.306 e. The van der Waals surface area contributed by atoms with Gasteiger partial charge in [0.15, 0.2) is 0 Å². The summed E-state index contributed by atoms with van der Waals surface area (Å²) in [6.45, 7) is 5.39. The highest BCUT2D eigenvalue weighted by Crippen LogP contribution is 2.09. The van der Waals surface area contributed by atoms with Gasteiger partial charge in [0.25, 0.3) is 5.91 Å². The van der Waals surface area contributed by atoms with Crippen molar-refractivity contribution < 1.29 is 14.7 Å². The molecule has 0 bridgehead atoms. The number of carboxylic acids is 1. The fourth-order valence-corrected chi connectivity index (χ4v) is 1.73. The van der Waals surface area contributed by atoms with E-state index in [2.05, 4.69) is 15.3 Å². The van der Waals surface area contributed by atoms with Crippen LogP contribution in [0.25, 0.3) is 0 Å². The highest BCUT2D eigenvalue weighted by Gasteiger charge is 2.13. The maximum atomic E-state index is 11.9. The smallest absolute Gasteiger partial charge is 0.306 e. The molecule has 1 heterocycles. The van der Waals surface area contributed by atoms with Crippen LogP contribution in [0.1, 0.15) is 49.3 Å². The normalized spacial score (nSPS) is 13.6. The van der Waals surface area contributed by atoms with Crippen molar-refractivity contribution in [1.29, 1.82) is 0 Å². The molecule has 110 valence electrons. The molecule has 0 spiro atoms. The molecule has 2 N–H and O–H groups in total. The summed E-state index contributed by atoms with van der Waals surface area (Å²) in [5, 5.41) is 11.6. The van der Waals surface area contributed by atoms with Gasteiger partial charge in [-0.3, -0.25) is 14.6 Å². The Morgan fingerprint density at radius 3 is 2.50 bits per heavy atom. The van der Waals surface area contributed by atoms with E-state index < -0.39 is 5.97 Å². The number of aliphatic carboxylic acids is 1. The molecule has 0 aliphatic carbocycles. The molecule has 0 saturated carbocycles. The number of carbonyl (C=O) groups excluding carboxylic acids is 1. The van der Waals surface area contributed by atoms with Gasteiger partial charge in [0.05, 0.1) is 17.8 Å². The lowest BCUT2D eigenvalue weighted by molar-refractivity contribution is -0.141. The first-order valence-electron chi connectivity index (χ1n) is 6.72. The predicted octanol–water partition coefficient (Wildman–Crippen LogP) is 1.79. The van der Waals surface area contributed by atoms with Crippen LogP contribution in [0.4, 0.5) is 0 Å². The predicted molar refractivity (Wildman–Crippen MR) is 74.3 cm³/mol. The number of rotatable bonds is 7. The third-order valence-corrected chi connectivity index (χ3v) is 3.09. The average Bonchev–Trinajstić information content (AvgIpc) is 2.39. The highest BCUT2D eigenvalue weighted by molar-refractivity contribution is 5.92. The molecule has 0 saturated heterocycles. The van der Waals surface area contributed by atoms with Crippen molar-refractivity contribution in [3.05, 3.63) is 23.8 Å². The van der Waals surface area contributed by atoms with Crippen LogP contribution in [0.5, 0.6) is 0 Å². The van der Waals surface area contributed by atoms with Gasteiger partial charge in [-0.15, -0.1) is 0 Å². The SMILES string of the molecule is Cc1cnc(C(=O)NC(C)CCCC(C)C(=O)O)cn1. The Morgan fingerprint density at radius 2 is 1.95 bits per heavy atom. The number of nitrogens with one attached hydrogen (secondary N) is 1. The van der Waals surface area contributed by atoms with Crippen molar-refractivity contribution in [1.82, 2.24) is 15.3 Å². The fourth-order valence-electron chi connectivity index (χ4n) is 1.73. The number of carboxylic acid groups (broad SMARTS) is 1. The highest BCUT2D eigenvalue weighted by atomic mass is 16.4. The molecular formula is C14H21N3O3. The zero-order valence-corrected chi connectivity index (χ0v) is 12.1. The summed E-state index contributed by atoms with van der Waals surface area (Å²) < 4.78 is 0. The average molecular weight is 279 g/mol. The van der Waals surface area contributed by atoms with Crippen LogP contribution in [0.2, 0.25) is 0 Å². The van der Waals surface area contributed by atoms with E-state index in [1.165, 1.54) is 6.20 Å². The summed E-state index contributed by atoms with van der Waals surface area (Å²) in [6.07, 6.45) is 5.11. The fraction of sp³-hybridized carbons (Fsp3) is 0.571. The molecule has 2 unspecified atom stereocenters. The second kappa shape index (κ2) is 7.57. The monoisotopic (exact) mass is 279 g/mol. The van der Waals surface area contributed by atoms with Crippen LogP contribution in [-0.2, 0) is 4.79 Å². The molecule has 0 aliphatic heterocycles. The van der Waals surface area contributed by atoms with E-state index in [9.17, 15) is 9.59 Å². The summed E-state index contributed by atoms with van der Waals surface area (Å²) in [6, 6.07) is -0.0217. The van der Waals surface area contributed by atoms with Crippen LogP contribution in [0.15, 0.2) is 12.4 Å². The number of nitrogens with zero attached hydrogens (tertiary/aromatic N) is 2. The number of hydrogen-bond acceptors (Lipinski definition) is 4. The van der Waals surface area contributed by atoms with Crippen molar-refractivity contribution >= 4 is 11.9 Å². The van der Waals surface area contributed by atoms with Gasteiger partial charge in [0, 0.05) is 12.2 Å². The number of amides is 1. The van der Waals surface area contributed by atoms with Crippen LogP contribution in [-0.4, -0.2) is 33.0 Å². The topological polar surface area (TPSA) is 92.2 Å². The molecule has 0 aromatic carbocycles. The molecular weight excluding hydrogens is 258 g/mol. The Balaban J connectivity index is 2.35. The Morgan fingerprint density at radius 1 is 1.25 bits per heavy atom. The summed E-state index contributed by atoms with van der Waals surface area (Å²) in [4.78, 5) is 30.6. The molecule has 2 atom stereocenters. The lowest BCUT2D eigenvalue weighted by Crippen LogP contribution is -2.33. The number of carbonyl (C=O) groups is 2. The largest absolute Gasteiger partial charge is 0.481 e. The molecule has 1 rings (SSSR count). The van der Waals surface area contributed by atoms with Crippen LogP contribution < -0.4 is 5.32 Å². The zero-order valence-electron chi connectivity index (χ0n) is 12.1. The summed E-state index contributed by atoms with van der Waals surface area (Å²) in [5.74, 6) is -1.38. The van der Waals surface area contributed by atoms with Crippen molar-refractivity contribution in [3.63, 3.8) is 0 Å². The Labute approximate surface area is 118 Å². The zero-order chi connectivity index (χ0) is 15.1. The second-order valence-corrected chi connectivity index (χ2v) is 5.09. The summed E-state index contributed by atoms with van der Waals surface area (Å²) in [5.41, 5.74) is 1.05. The van der Waals surface area contributed by atoms with Gasteiger partial charge in [-0.1, -0.05) is 13.3 Å². The van der Waals surface area contributed by atoms with Crippen molar-refractivity contribution in [2.24, 2.45) is 5.92 Å². The Kier molecular flexibility index (Phi) is 6.09. The minimum Gasteiger partial charge on any atom is -0.481 e. The lowest BCUT2D eigenvalue weighted by atomic mass is 10.0. The van der Waals surface area contributed by atoms with Gasteiger partial charge in [0.1, 0.15) is 5.69 Å². The van der Waals surface area contributed by atoms with E-state index in [0.717, 1.165) is 18.5 Å². The van der Waals surface area contributed by atoms with Gasteiger partial charge < -0.3 is 10.4 Å². The Hall–Kier alpha value is -1.98. The van der Waals surface area contributed by atoms with Gasteiger partial charge in [-0.2, -0.15) is 0 Å². The molecule has 1 aromatic heterocycles. The van der Waals surface area contributed by atoms with E-state index in [1.807, 2.05) is 6.92 Å². The van der Waals surface area contributed by atoms with Crippen LogP contribution in [0.3, 0.4) is 0 Å². The van der Waals surface area contributed by atoms with E-state index in [-0.39, 0.29) is 17.9 Å². The quantitative estimate of drug-likeness (QED) is 0.794. The molecule has 6 nitrogen and oxygen atoms in total. The van der Waals surface area contributed by atoms with E-state index >= 15 is 0 Å². The van der Waals surface area contributed by atoms with E-state index in [1.54, 1.807) is 20.0 Å².